The van der Waals surface area contributed by atoms with Crippen molar-refractivity contribution in [1.82, 2.24) is 5.32 Å². The van der Waals surface area contributed by atoms with E-state index in [1.807, 2.05) is 6.26 Å². The lowest BCUT2D eigenvalue weighted by Crippen LogP contribution is -2.41. The highest BCUT2D eigenvalue weighted by atomic mass is 35.5. The average molecular weight is 334 g/mol. The number of benzene rings is 1. The van der Waals surface area contributed by atoms with Crippen LogP contribution in [0.1, 0.15) is 12.0 Å². The highest BCUT2D eigenvalue weighted by Crippen LogP contribution is 2.17. The summed E-state index contributed by atoms with van der Waals surface area (Å²) in [5.41, 5.74) is 6.41. The number of halogens is 1. The molecular weight excluding hydrogens is 314 g/mol. The van der Waals surface area contributed by atoms with Crippen LogP contribution in [0.25, 0.3) is 0 Å². The Morgan fingerprint density at radius 1 is 1.48 bits per heavy atom. The number of nitro groups is 1. The van der Waals surface area contributed by atoms with E-state index < -0.39 is 11.0 Å². The third-order valence-electron chi connectivity index (χ3n) is 2.85. The molecule has 0 bridgehead atoms. The maximum Gasteiger partial charge on any atom is 0.272 e. The molecule has 1 aromatic carbocycles. The number of carbonyl (C=O) groups excluding carboxylic acids is 1. The first-order valence-corrected chi connectivity index (χ1v) is 7.70. The first-order valence-electron chi connectivity index (χ1n) is 6.30. The molecule has 1 aromatic rings. The van der Waals surface area contributed by atoms with Crippen molar-refractivity contribution in [1.29, 1.82) is 0 Å². The van der Waals surface area contributed by atoms with Gasteiger partial charge in [-0.1, -0.05) is 18.2 Å². The van der Waals surface area contributed by atoms with Crippen LogP contribution >= 0.6 is 24.2 Å². The standard InChI is InChI=1S/C13H19N3O3S.ClH/c1-20-9-7-11(14)13(17)15-8-6-10-4-2-3-5-12(10)16(18)19;/h2-5,11H,6-9,14H2,1H3,(H,15,17);1H/t11-;/m0./s1. The Labute approximate surface area is 134 Å². The third kappa shape index (κ3) is 6.79. The van der Waals surface area contributed by atoms with Crippen molar-refractivity contribution < 1.29 is 9.72 Å². The van der Waals surface area contributed by atoms with E-state index in [-0.39, 0.29) is 24.0 Å². The van der Waals surface area contributed by atoms with E-state index in [1.54, 1.807) is 30.0 Å². The molecule has 0 aliphatic heterocycles. The number of rotatable bonds is 8. The number of nitrogens with one attached hydrogen (secondary N) is 1. The summed E-state index contributed by atoms with van der Waals surface area (Å²) in [7, 11) is 0. The van der Waals surface area contributed by atoms with Crippen LogP contribution in [-0.2, 0) is 11.2 Å². The number of hydrogen-bond acceptors (Lipinski definition) is 5. The normalized spacial score (nSPS) is 11.3. The van der Waals surface area contributed by atoms with Crippen LogP contribution in [0.4, 0.5) is 5.69 Å². The Balaban J connectivity index is 0.00000400. The Morgan fingerprint density at radius 2 is 2.14 bits per heavy atom. The molecule has 118 valence electrons. The zero-order valence-electron chi connectivity index (χ0n) is 11.8. The van der Waals surface area contributed by atoms with Gasteiger partial charge in [0.15, 0.2) is 0 Å². The predicted molar refractivity (Wildman–Crippen MR) is 88.0 cm³/mol. The second kappa shape index (κ2) is 10.4. The Bertz CT molecular complexity index is 474. The molecule has 3 N–H and O–H groups in total. The second-order valence-electron chi connectivity index (χ2n) is 4.31. The fourth-order valence-electron chi connectivity index (χ4n) is 1.73. The van der Waals surface area contributed by atoms with Gasteiger partial charge in [0.05, 0.1) is 11.0 Å². The number of nitrogens with two attached hydrogens (primary N) is 1. The fourth-order valence-corrected chi connectivity index (χ4v) is 2.22. The van der Waals surface area contributed by atoms with Gasteiger partial charge >= 0.3 is 0 Å². The molecule has 1 atom stereocenters. The second-order valence-corrected chi connectivity index (χ2v) is 5.30. The largest absolute Gasteiger partial charge is 0.354 e. The van der Waals surface area contributed by atoms with Crippen molar-refractivity contribution in [3.8, 4) is 0 Å². The molecule has 0 radical (unpaired) electrons. The van der Waals surface area contributed by atoms with Gasteiger partial charge in [0.25, 0.3) is 5.69 Å². The molecule has 21 heavy (non-hydrogen) atoms. The summed E-state index contributed by atoms with van der Waals surface area (Å²) in [6.45, 7) is 0.344. The zero-order chi connectivity index (χ0) is 15.0. The number of nitro benzene ring substituents is 1. The van der Waals surface area contributed by atoms with E-state index in [4.69, 9.17) is 5.73 Å². The predicted octanol–water partition coefficient (Wildman–Crippen LogP) is 1.76. The van der Waals surface area contributed by atoms with Gasteiger partial charge in [-0.15, -0.1) is 12.4 Å². The summed E-state index contributed by atoms with van der Waals surface area (Å²) in [4.78, 5) is 22.1. The van der Waals surface area contributed by atoms with Gasteiger partial charge in [0.1, 0.15) is 0 Å². The minimum Gasteiger partial charge on any atom is -0.354 e. The van der Waals surface area contributed by atoms with Crippen molar-refractivity contribution in [2.75, 3.05) is 18.6 Å². The van der Waals surface area contributed by atoms with Crippen LogP contribution in [0.15, 0.2) is 24.3 Å². The third-order valence-corrected chi connectivity index (χ3v) is 3.50. The summed E-state index contributed by atoms with van der Waals surface area (Å²) in [5.74, 6) is 0.622. The van der Waals surface area contributed by atoms with E-state index in [9.17, 15) is 14.9 Å². The molecule has 0 unspecified atom stereocenters. The highest BCUT2D eigenvalue weighted by molar-refractivity contribution is 7.98. The van der Waals surface area contributed by atoms with Crippen molar-refractivity contribution in [3.05, 3.63) is 39.9 Å². The SMILES string of the molecule is CSCC[C@H](N)C(=O)NCCc1ccccc1[N+](=O)[O-].Cl. The number of hydrogen-bond donors (Lipinski definition) is 2. The summed E-state index contributed by atoms with van der Waals surface area (Å²) in [5, 5.41) is 13.6. The molecule has 6 nitrogen and oxygen atoms in total. The summed E-state index contributed by atoms with van der Waals surface area (Å²) < 4.78 is 0. The van der Waals surface area contributed by atoms with E-state index >= 15 is 0 Å². The number of amides is 1. The van der Waals surface area contributed by atoms with E-state index in [1.165, 1.54) is 6.07 Å². The zero-order valence-corrected chi connectivity index (χ0v) is 13.4. The molecule has 0 spiro atoms. The minimum absolute atomic E-state index is 0. The van der Waals surface area contributed by atoms with Crippen LogP contribution in [0, 0.1) is 10.1 Å². The van der Waals surface area contributed by atoms with Gasteiger partial charge in [-0.3, -0.25) is 14.9 Å². The van der Waals surface area contributed by atoms with Gasteiger partial charge in [0.2, 0.25) is 5.91 Å². The number of nitrogens with zero attached hydrogens (tertiary/aromatic N) is 1. The van der Waals surface area contributed by atoms with Crippen LogP contribution in [0.2, 0.25) is 0 Å². The molecular formula is C13H20ClN3O3S. The molecule has 0 aliphatic carbocycles. The average Bonchev–Trinajstić information content (AvgIpc) is 2.44. The van der Waals surface area contributed by atoms with Gasteiger partial charge < -0.3 is 11.1 Å². The highest BCUT2D eigenvalue weighted by Gasteiger charge is 2.14. The molecule has 0 aromatic heterocycles. The van der Waals surface area contributed by atoms with Gasteiger partial charge in [-0.25, -0.2) is 0 Å². The van der Waals surface area contributed by atoms with E-state index in [2.05, 4.69) is 5.32 Å². The smallest absolute Gasteiger partial charge is 0.272 e. The lowest BCUT2D eigenvalue weighted by atomic mass is 10.1. The lowest BCUT2D eigenvalue weighted by molar-refractivity contribution is -0.385. The van der Waals surface area contributed by atoms with Crippen LogP contribution in [0.3, 0.4) is 0 Å². The molecule has 0 saturated carbocycles. The van der Waals surface area contributed by atoms with Crippen molar-refractivity contribution in [3.63, 3.8) is 0 Å². The summed E-state index contributed by atoms with van der Waals surface area (Å²) in [6.07, 6.45) is 3.00. The van der Waals surface area contributed by atoms with Crippen LogP contribution < -0.4 is 11.1 Å². The van der Waals surface area contributed by atoms with Crippen molar-refractivity contribution >= 4 is 35.8 Å². The maximum absolute atomic E-state index is 11.7. The molecule has 1 amide bonds. The molecule has 0 aliphatic rings. The molecule has 0 heterocycles. The molecule has 8 heteroatoms. The first kappa shape index (κ1) is 19.7. The van der Waals surface area contributed by atoms with Crippen molar-refractivity contribution in [2.24, 2.45) is 5.73 Å². The first-order chi connectivity index (χ1) is 9.56. The van der Waals surface area contributed by atoms with Crippen molar-refractivity contribution in [2.45, 2.75) is 18.9 Å². The minimum atomic E-state index is -0.520. The van der Waals surface area contributed by atoms with Crippen LogP contribution in [0.5, 0.6) is 0 Å². The summed E-state index contributed by atoms with van der Waals surface area (Å²) in [6, 6.07) is 6.00. The van der Waals surface area contributed by atoms with Gasteiger partial charge in [-0.05, 0) is 24.9 Å². The van der Waals surface area contributed by atoms with Gasteiger partial charge in [-0.2, -0.15) is 11.8 Å². The Kier molecular flexibility index (Phi) is 9.77. The number of carbonyl (C=O) groups is 1. The summed E-state index contributed by atoms with van der Waals surface area (Å²) >= 11 is 1.64. The topological polar surface area (TPSA) is 98.3 Å². The maximum atomic E-state index is 11.7. The monoisotopic (exact) mass is 333 g/mol. The van der Waals surface area contributed by atoms with Crippen LogP contribution in [-0.4, -0.2) is 35.4 Å². The van der Waals surface area contributed by atoms with E-state index in [0.29, 0.717) is 24.9 Å². The number of thioether (sulfide) groups is 1. The molecule has 0 saturated heterocycles. The molecule has 0 fully saturated rings. The Morgan fingerprint density at radius 3 is 2.76 bits per heavy atom. The fraction of sp³-hybridized carbons (Fsp3) is 0.462. The van der Waals surface area contributed by atoms with E-state index in [0.717, 1.165) is 5.75 Å². The lowest BCUT2D eigenvalue weighted by Gasteiger charge is -2.11. The molecule has 1 rings (SSSR count). The number of para-hydroxylation sites is 1. The quantitative estimate of drug-likeness (QED) is 0.558. The Hall–Kier alpha value is -1.31. The van der Waals surface area contributed by atoms with Gasteiger partial charge in [0, 0.05) is 18.2 Å².